The van der Waals surface area contributed by atoms with Crippen molar-refractivity contribution in [2.75, 3.05) is 5.32 Å². The molecule has 1 amide bonds. The predicted molar refractivity (Wildman–Crippen MR) is 94.6 cm³/mol. The van der Waals surface area contributed by atoms with Crippen molar-refractivity contribution in [2.45, 2.75) is 57.0 Å². The Balaban J connectivity index is 1.51. The normalized spacial score (nSPS) is 19.0. The number of fused-ring (bicyclic) bond motifs is 1. The smallest absolute Gasteiger partial charge is 0.244 e. The number of nitrogens with two attached hydrogens (primary N) is 1. The van der Waals surface area contributed by atoms with Crippen LogP contribution < -0.4 is 11.1 Å². The minimum Gasteiger partial charge on any atom is -0.328 e. The Morgan fingerprint density at radius 1 is 1.12 bits per heavy atom. The minimum absolute atomic E-state index is 0.0639. The van der Waals surface area contributed by atoms with E-state index in [0.29, 0.717) is 0 Å². The molecule has 4 rings (SSSR count). The molecule has 126 valence electrons. The fourth-order valence-corrected chi connectivity index (χ4v) is 3.86. The van der Waals surface area contributed by atoms with Crippen molar-refractivity contribution < 1.29 is 4.79 Å². The summed E-state index contributed by atoms with van der Waals surface area (Å²) in [5.41, 5.74) is 8.72. The fraction of sp³-hybridized carbons (Fsp3) is 0.474. The number of aryl methyl sites for hydroxylation is 1. The summed E-state index contributed by atoms with van der Waals surface area (Å²) in [5, 5.41) is 2.97. The molecule has 3 N–H and O–H groups in total. The van der Waals surface area contributed by atoms with E-state index in [1.807, 2.05) is 30.5 Å². The third-order valence-corrected chi connectivity index (χ3v) is 5.35. The van der Waals surface area contributed by atoms with Gasteiger partial charge in [-0.15, -0.1) is 0 Å². The third kappa shape index (κ3) is 2.73. The van der Waals surface area contributed by atoms with Crippen molar-refractivity contribution in [3.05, 3.63) is 36.2 Å². The molecule has 0 unspecified atom stereocenters. The van der Waals surface area contributed by atoms with Gasteiger partial charge < -0.3 is 15.6 Å². The molecular formula is C19H24N4O. The molecule has 1 aliphatic carbocycles. The van der Waals surface area contributed by atoms with E-state index in [1.165, 1.54) is 18.5 Å². The van der Waals surface area contributed by atoms with Crippen LogP contribution in [0.15, 0.2) is 30.5 Å². The van der Waals surface area contributed by atoms with Gasteiger partial charge in [0.1, 0.15) is 5.82 Å². The number of nitrogens with zero attached hydrogens (tertiary/aromatic N) is 2. The van der Waals surface area contributed by atoms with Crippen LogP contribution in [0.25, 0.3) is 11.4 Å². The Kier molecular flexibility index (Phi) is 3.88. The van der Waals surface area contributed by atoms with Gasteiger partial charge >= 0.3 is 0 Å². The molecule has 0 radical (unpaired) electrons. The lowest BCUT2D eigenvalue weighted by Gasteiger charge is -2.22. The van der Waals surface area contributed by atoms with Gasteiger partial charge in [-0.1, -0.05) is 12.8 Å². The number of hydrogen-bond donors (Lipinski definition) is 2. The van der Waals surface area contributed by atoms with Crippen molar-refractivity contribution in [1.29, 1.82) is 0 Å². The highest BCUT2D eigenvalue weighted by Gasteiger charge is 2.36. The lowest BCUT2D eigenvalue weighted by Crippen LogP contribution is -2.48. The number of benzene rings is 1. The first-order chi connectivity index (χ1) is 11.7. The average molecular weight is 324 g/mol. The summed E-state index contributed by atoms with van der Waals surface area (Å²) in [7, 11) is 0. The zero-order chi connectivity index (χ0) is 16.6. The number of anilines is 1. The second kappa shape index (κ2) is 6.06. The van der Waals surface area contributed by atoms with Crippen molar-refractivity contribution >= 4 is 11.6 Å². The molecule has 1 fully saturated rings. The first-order valence-electron chi connectivity index (χ1n) is 8.91. The number of imidazole rings is 1. The molecule has 2 heterocycles. The Hall–Kier alpha value is -2.14. The second-order valence-electron chi connectivity index (χ2n) is 7.08. The number of carbonyl (C=O) groups is 1. The van der Waals surface area contributed by atoms with Gasteiger partial charge in [0.15, 0.2) is 0 Å². The molecule has 1 saturated carbocycles. The number of amides is 1. The SMILES string of the molecule is NC1(C(=O)Nc2ccc(-c3ncc4n3CCCC4)cc2)CCCC1. The summed E-state index contributed by atoms with van der Waals surface area (Å²) < 4.78 is 2.31. The van der Waals surface area contributed by atoms with Gasteiger partial charge in [0, 0.05) is 29.7 Å². The highest BCUT2D eigenvalue weighted by Crippen LogP contribution is 2.29. The topological polar surface area (TPSA) is 72.9 Å². The van der Waals surface area contributed by atoms with Gasteiger partial charge in [-0.2, -0.15) is 0 Å². The molecular weight excluding hydrogens is 300 g/mol. The highest BCUT2D eigenvalue weighted by atomic mass is 16.2. The largest absolute Gasteiger partial charge is 0.328 e. The number of nitrogens with one attached hydrogen (secondary N) is 1. The first-order valence-corrected chi connectivity index (χ1v) is 8.91. The monoisotopic (exact) mass is 324 g/mol. The van der Waals surface area contributed by atoms with E-state index in [0.717, 1.165) is 55.7 Å². The summed E-state index contributed by atoms with van der Waals surface area (Å²) in [4.78, 5) is 17.0. The Labute approximate surface area is 142 Å². The van der Waals surface area contributed by atoms with Crippen LogP contribution in [-0.4, -0.2) is 21.0 Å². The van der Waals surface area contributed by atoms with Crippen LogP contribution in [0.5, 0.6) is 0 Å². The molecule has 0 bridgehead atoms. The third-order valence-electron chi connectivity index (χ3n) is 5.35. The number of carbonyl (C=O) groups excluding carboxylic acids is 1. The van der Waals surface area contributed by atoms with E-state index in [1.54, 1.807) is 0 Å². The standard InChI is InChI=1S/C19H24N4O/c20-19(10-2-3-11-19)18(24)22-15-8-6-14(7-9-15)17-21-13-16-5-1-4-12-23(16)17/h6-9,13H,1-5,10-12,20H2,(H,22,24). The predicted octanol–water partition coefficient (Wildman–Crippen LogP) is 3.10. The van der Waals surface area contributed by atoms with Crippen LogP contribution in [0.2, 0.25) is 0 Å². The van der Waals surface area contributed by atoms with Gasteiger partial charge in [0.25, 0.3) is 0 Å². The first kappa shape index (κ1) is 15.4. The minimum atomic E-state index is -0.694. The summed E-state index contributed by atoms with van der Waals surface area (Å²) in [6, 6.07) is 7.93. The van der Waals surface area contributed by atoms with Crippen LogP contribution in [-0.2, 0) is 17.8 Å². The quantitative estimate of drug-likeness (QED) is 0.911. The van der Waals surface area contributed by atoms with E-state index >= 15 is 0 Å². The molecule has 2 aliphatic rings. The Morgan fingerprint density at radius 2 is 1.88 bits per heavy atom. The van der Waals surface area contributed by atoms with Crippen molar-refractivity contribution in [3.8, 4) is 11.4 Å². The van der Waals surface area contributed by atoms with E-state index < -0.39 is 5.54 Å². The maximum absolute atomic E-state index is 12.4. The zero-order valence-corrected chi connectivity index (χ0v) is 13.9. The molecule has 24 heavy (non-hydrogen) atoms. The maximum atomic E-state index is 12.4. The summed E-state index contributed by atoms with van der Waals surface area (Å²) >= 11 is 0. The van der Waals surface area contributed by atoms with E-state index in [-0.39, 0.29) is 5.91 Å². The molecule has 0 spiro atoms. The van der Waals surface area contributed by atoms with Gasteiger partial charge in [0.05, 0.1) is 5.54 Å². The lowest BCUT2D eigenvalue weighted by atomic mass is 9.98. The zero-order valence-electron chi connectivity index (χ0n) is 13.9. The van der Waals surface area contributed by atoms with Gasteiger partial charge in [-0.3, -0.25) is 4.79 Å². The van der Waals surface area contributed by atoms with Crippen molar-refractivity contribution in [3.63, 3.8) is 0 Å². The number of aromatic nitrogens is 2. The molecule has 1 aromatic heterocycles. The summed E-state index contributed by atoms with van der Waals surface area (Å²) in [6.07, 6.45) is 9.18. The molecule has 2 aromatic rings. The van der Waals surface area contributed by atoms with E-state index in [4.69, 9.17) is 5.73 Å². The van der Waals surface area contributed by atoms with E-state index in [9.17, 15) is 4.79 Å². The van der Waals surface area contributed by atoms with Gasteiger partial charge in [-0.05, 0) is 56.4 Å². The van der Waals surface area contributed by atoms with Crippen LogP contribution in [0, 0.1) is 0 Å². The molecule has 5 nitrogen and oxygen atoms in total. The second-order valence-corrected chi connectivity index (χ2v) is 7.08. The van der Waals surface area contributed by atoms with Crippen LogP contribution in [0.4, 0.5) is 5.69 Å². The highest BCUT2D eigenvalue weighted by molar-refractivity contribution is 5.98. The van der Waals surface area contributed by atoms with Crippen LogP contribution in [0.1, 0.15) is 44.2 Å². The molecule has 1 aromatic carbocycles. The van der Waals surface area contributed by atoms with Crippen LogP contribution in [0.3, 0.4) is 0 Å². The average Bonchev–Trinajstić information content (AvgIpc) is 3.23. The molecule has 1 aliphatic heterocycles. The molecule has 5 heteroatoms. The molecule has 0 saturated heterocycles. The van der Waals surface area contributed by atoms with E-state index in [2.05, 4.69) is 14.9 Å². The lowest BCUT2D eigenvalue weighted by molar-refractivity contribution is -0.121. The fourth-order valence-electron chi connectivity index (χ4n) is 3.86. The molecule has 0 atom stereocenters. The number of rotatable bonds is 3. The Morgan fingerprint density at radius 3 is 2.62 bits per heavy atom. The summed E-state index contributed by atoms with van der Waals surface area (Å²) in [6.45, 7) is 1.04. The Bertz CT molecular complexity index is 741. The maximum Gasteiger partial charge on any atom is 0.244 e. The summed E-state index contributed by atoms with van der Waals surface area (Å²) in [5.74, 6) is 0.958. The van der Waals surface area contributed by atoms with Crippen LogP contribution >= 0.6 is 0 Å². The van der Waals surface area contributed by atoms with Crippen molar-refractivity contribution in [1.82, 2.24) is 9.55 Å². The van der Waals surface area contributed by atoms with Gasteiger partial charge in [0.2, 0.25) is 5.91 Å². The van der Waals surface area contributed by atoms with Gasteiger partial charge in [-0.25, -0.2) is 4.98 Å². The van der Waals surface area contributed by atoms with Crippen molar-refractivity contribution in [2.24, 2.45) is 5.73 Å². The number of hydrogen-bond acceptors (Lipinski definition) is 3.